The van der Waals surface area contributed by atoms with Crippen LogP contribution < -0.4 is 5.32 Å². The summed E-state index contributed by atoms with van der Waals surface area (Å²) in [6.45, 7) is 8.65. The van der Waals surface area contributed by atoms with E-state index < -0.39 is 0 Å². The van der Waals surface area contributed by atoms with Gasteiger partial charge in [0.05, 0.1) is 6.61 Å². The van der Waals surface area contributed by atoms with Crippen molar-refractivity contribution >= 4 is 11.8 Å². The van der Waals surface area contributed by atoms with E-state index in [1.54, 1.807) is 0 Å². The van der Waals surface area contributed by atoms with Gasteiger partial charge in [0.25, 0.3) is 0 Å². The second kappa shape index (κ2) is 9.18. The highest BCUT2D eigenvalue weighted by Crippen LogP contribution is 2.28. The Morgan fingerprint density at radius 3 is 2.89 bits per heavy atom. The molecule has 0 aromatic rings. The molecule has 18 heavy (non-hydrogen) atoms. The molecule has 0 amide bonds. The Bertz CT molecular complexity index is 208. The molecule has 0 radical (unpaired) electrons. The first-order valence-corrected chi connectivity index (χ1v) is 8.58. The predicted octanol–water partition coefficient (Wildman–Crippen LogP) is 2.08. The lowest BCUT2D eigenvalue weighted by atomic mass is 9.81. The molecule has 1 N–H and O–H groups in total. The summed E-state index contributed by atoms with van der Waals surface area (Å²) in [5.41, 5.74) is 0.334. The zero-order valence-electron chi connectivity index (χ0n) is 12.3. The number of hydrogen-bond donors (Lipinski definition) is 1. The highest BCUT2D eigenvalue weighted by molar-refractivity contribution is 7.98. The second-order valence-corrected chi connectivity index (χ2v) is 6.55. The van der Waals surface area contributed by atoms with Crippen LogP contribution in [0.4, 0.5) is 0 Å². The number of thioether (sulfide) groups is 1. The Morgan fingerprint density at radius 2 is 2.28 bits per heavy atom. The summed E-state index contributed by atoms with van der Waals surface area (Å²) >= 11 is 1.92. The van der Waals surface area contributed by atoms with E-state index in [4.69, 9.17) is 4.74 Å². The minimum atomic E-state index is 0.334. The Kier molecular flexibility index (Phi) is 8.31. The van der Waals surface area contributed by atoms with Gasteiger partial charge in [-0.1, -0.05) is 6.92 Å². The number of ether oxygens (including phenoxy) is 1. The quantitative estimate of drug-likeness (QED) is 0.651. The minimum absolute atomic E-state index is 0.334. The summed E-state index contributed by atoms with van der Waals surface area (Å²) in [5.74, 6) is 1.22. The first kappa shape index (κ1) is 16.3. The van der Waals surface area contributed by atoms with E-state index in [-0.39, 0.29) is 0 Å². The van der Waals surface area contributed by atoms with Crippen molar-refractivity contribution in [3.05, 3.63) is 0 Å². The van der Waals surface area contributed by atoms with E-state index in [0.717, 1.165) is 32.8 Å². The molecule has 1 rings (SSSR count). The SMILES string of the molecule is CCCNCC1(CN(C)CCSC)CCCOC1. The van der Waals surface area contributed by atoms with E-state index in [1.807, 2.05) is 11.8 Å². The molecule has 1 aliphatic heterocycles. The third-order valence-corrected chi connectivity index (χ3v) is 4.20. The summed E-state index contributed by atoms with van der Waals surface area (Å²) < 4.78 is 5.75. The van der Waals surface area contributed by atoms with Crippen LogP contribution in [-0.2, 0) is 4.74 Å². The maximum Gasteiger partial charge on any atom is 0.0546 e. The molecule has 1 atom stereocenters. The third kappa shape index (κ3) is 5.91. The van der Waals surface area contributed by atoms with Crippen molar-refractivity contribution in [2.24, 2.45) is 5.41 Å². The standard InChI is InChI=1S/C14H30N2OS/c1-4-7-15-11-14(6-5-9-17-13-14)12-16(2)8-10-18-3/h15H,4-13H2,1-3H3. The molecule has 0 aliphatic carbocycles. The lowest BCUT2D eigenvalue weighted by molar-refractivity contribution is -0.0218. The Hall–Kier alpha value is 0.230. The van der Waals surface area contributed by atoms with Gasteiger partial charge in [-0.3, -0.25) is 0 Å². The van der Waals surface area contributed by atoms with Crippen molar-refractivity contribution in [1.82, 2.24) is 10.2 Å². The molecular formula is C14H30N2OS. The number of nitrogens with one attached hydrogen (secondary N) is 1. The normalized spacial score (nSPS) is 24.7. The zero-order valence-corrected chi connectivity index (χ0v) is 13.2. The van der Waals surface area contributed by atoms with Crippen molar-refractivity contribution < 1.29 is 4.74 Å². The van der Waals surface area contributed by atoms with Crippen LogP contribution in [0.3, 0.4) is 0 Å². The fourth-order valence-corrected chi connectivity index (χ4v) is 3.15. The van der Waals surface area contributed by atoms with Crippen molar-refractivity contribution in [3.8, 4) is 0 Å². The van der Waals surface area contributed by atoms with E-state index >= 15 is 0 Å². The zero-order chi connectivity index (χ0) is 13.3. The average molecular weight is 274 g/mol. The predicted molar refractivity (Wildman–Crippen MR) is 81.5 cm³/mol. The van der Waals surface area contributed by atoms with Crippen molar-refractivity contribution in [2.45, 2.75) is 26.2 Å². The van der Waals surface area contributed by atoms with E-state index in [1.165, 1.54) is 31.6 Å². The summed E-state index contributed by atoms with van der Waals surface area (Å²) in [4.78, 5) is 2.47. The Morgan fingerprint density at radius 1 is 1.44 bits per heavy atom. The molecular weight excluding hydrogens is 244 g/mol. The van der Waals surface area contributed by atoms with Gasteiger partial charge in [-0.15, -0.1) is 0 Å². The van der Waals surface area contributed by atoms with E-state index in [2.05, 4.69) is 30.4 Å². The van der Waals surface area contributed by atoms with Crippen molar-refractivity contribution in [3.63, 3.8) is 0 Å². The molecule has 108 valence electrons. The fraction of sp³-hybridized carbons (Fsp3) is 1.00. The van der Waals surface area contributed by atoms with Crippen LogP contribution in [-0.4, -0.2) is 63.3 Å². The highest BCUT2D eigenvalue weighted by Gasteiger charge is 2.33. The summed E-state index contributed by atoms with van der Waals surface area (Å²) in [6, 6.07) is 0. The summed E-state index contributed by atoms with van der Waals surface area (Å²) in [7, 11) is 2.24. The molecule has 1 aliphatic rings. The van der Waals surface area contributed by atoms with E-state index in [9.17, 15) is 0 Å². The molecule has 1 saturated heterocycles. The van der Waals surface area contributed by atoms with Gasteiger partial charge >= 0.3 is 0 Å². The minimum Gasteiger partial charge on any atom is -0.381 e. The molecule has 4 heteroatoms. The summed E-state index contributed by atoms with van der Waals surface area (Å²) in [5, 5.41) is 3.60. The first-order chi connectivity index (χ1) is 8.72. The number of nitrogens with zero attached hydrogens (tertiary/aromatic N) is 1. The Balaban J connectivity index is 2.42. The van der Waals surface area contributed by atoms with Gasteiger partial charge in [0, 0.05) is 37.4 Å². The van der Waals surface area contributed by atoms with Gasteiger partial charge in [0.2, 0.25) is 0 Å². The molecule has 0 bridgehead atoms. The monoisotopic (exact) mass is 274 g/mol. The lowest BCUT2D eigenvalue weighted by Crippen LogP contribution is -2.48. The van der Waals surface area contributed by atoms with Gasteiger partial charge in [0.1, 0.15) is 0 Å². The van der Waals surface area contributed by atoms with Gasteiger partial charge in [-0.05, 0) is 39.1 Å². The maximum atomic E-state index is 5.75. The van der Waals surface area contributed by atoms with Crippen LogP contribution in [0.15, 0.2) is 0 Å². The Labute approximate surface area is 117 Å². The van der Waals surface area contributed by atoms with Crippen LogP contribution >= 0.6 is 11.8 Å². The highest BCUT2D eigenvalue weighted by atomic mass is 32.2. The van der Waals surface area contributed by atoms with Crippen LogP contribution in [0, 0.1) is 5.41 Å². The van der Waals surface area contributed by atoms with Crippen LogP contribution in [0.5, 0.6) is 0 Å². The molecule has 0 aromatic carbocycles. The third-order valence-electron chi connectivity index (χ3n) is 3.61. The fourth-order valence-electron chi connectivity index (χ4n) is 2.66. The second-order valence-electron chi connectivity index (χ2n) is 5.56. The summed E-state index contributed by atoms with van der Waals surface area (Å²) in [6.07, 6.45) is 5.90. The molecule has 0 aromatic heterocycles. The lowest BCUT2D eigenvalue weighted by Gasteiger charge is -2.40. The molecule has 0 spiro atoms. The first-order valence-electron chi connectivity index (χ1n) is 7.18. The van der Waals surface area contributed by atoms with Crippen molar-refractivity contribution in [2.75, 3.05) is 58.4 Å². The van der Waals surface area contributed by atoms with Gasteiger partial charge < -0.3 is 15.0 Å². The van der Waals surface area contributed by atoms with Gasteiger partial charge in [-0.2, -0.15) is 11.8 Å². The maximum absolute atomic E-state index is 5.75. The molecule has 1 unspecified atom stereocenters. The molecule has 0 saturated carbocycles. The smallest absolute Gasteiger partial charge is 0.0546 e. The van der Waals surface area contributed by atoms with Crippen LogP contribution in [0.2, 0.25) is 0 Å². The topological polar surface area (TPSA) is 24.5 Å². The van der Waals surface area contributed by atoms with Crippen molar-refractivity contribution in [1.29, 1.82) is 0 Å². The van der Waals surface area contributed by atoms with E-state index in [0.29, 0.717) is 5.41 Å². The number of rotatable bonds is 9. The van der Waals surface area contributed by atoms with Gasteiger partial charge in [-0.25, -0.2) is 0 Å². The average Bonchev–Trinajstić information content (AvgIpc) is 2.38. The largest absolute Gasteiger partial charge is 0.381 e. The number of hydrogen-bond acceptors (Lipinski definition) is 4. The molecule has 1 heterocycles. The molecule has 3 nitrogen and oxygen atoms in total. The van der Waals surface area contributed by atoms with Crippen LogP contribution in [0.25, 0.3) is 0 Å². The van der Waals surface area contributed by atoms with Crippen LogP contribution in [0.1, 0.15) is 26.2 Å². The molecule has 1 fully saturated rings. The van der Waals surface area contributed by atoms with Gasteiger partial charge in [0.15, 0.2) is 0 Å².